The van der Waals surface area contributed by atoms with Gasteiger partial charge in [-0.2, -0.15) is 15.7 Å². The first-order valence-electron chi connectivity index (χ1n) is 9.08. The molecule has 4 rings (SSSR count). The van der Waals surface area contributed by atoms with Crippen molar-refractivity contribution in [2.75, 3.05) is 31.2 Å². The first kappa shape index (κ1) is 18.1. The van der Waals surface area contributed by atoms with E-state index in [1.807, 2.05) is 4.90 Å². The van der Waals surface area contributed by atoms with Crippen molar-refractivity contribution in [1.29, 1.82) is 0 Å². The van der Waals surface area contributed by atoms with Crippen LogP contribution in [0.15, 0.2) is 21.2 Å². The number of carbonyl (C=O) groups excluding carboxylic acids is 2. The molecule has 26 heavy (non-hydrogen) atoms. The molecule has 1 spiro atoms. The maximum Gasteiger partial charge on any atom is 0.250 e. The van der Waals surface area contributed by atoms with Crippen LogP contribution in [0.3, 0.4) is 0 Å². The minimum atomic E-state index is -2.45. The Kier molecular flexibility index (Phi) is 4.69. The van der Waals surface area contributed by atoms with Crippen LogP contribution >= 0.6 is 11.3 Å². The lowest BCUT2D eigenvalue weighted by Crippen LogP contribution is -2.57. The average molecular weight is 397 g/mol. The maximum absolute atomic E-state index is 12.9. The van der Waals surface area contributed by atoms with Crippen molar-refractivity contribution in [3.63, 3.8) is 0 Å². The number of carbonyl (C=O) groups is 2. The highest BCUT2D eigenvalue weighted by molar-refractivity contribution is 7.93. The van der Waals surface area contributed by atoms with E-state index in [9.17, 15) is 13.8 Å². The SMILES string of the molecule is CC(=O)N=S1(=O)CCC2(CC1)CN(C(=O)[C@@H]1C[C@H]1c1ccsc1)CCO2. The number of thiophene rings is 1. The molecule has 2 aliphatic heterocycles. The van der Waals surface area contributed by atoms with Gasteiger partial charge in [0, 0.05) is 37.4 Å². The highest BCUT2D eigenvalue weighted by atomic mass is 32.2. The van der Waals surface area contributed by atoms with Gasteiger partial charge in [-0.05, 0) is 47.6 Å². The Labute approximate surface area is 158 Å². The highest BCUT2D eigenvalue weighted by Crippen LogP contribution is 2.49. The van der Waals surface area contributed by atoms with E-state index in [1.54, 1.807) is 11.3 Å². The van der Waals surface area contributed by atoms with E-state index >= 15 is 0 Å². The molecule has 2 amide bonds. The number of rotatable bonds is 2. The summed E-state index contributed by atoms with van der Waals surface area (Å²) in [6, 6.07) is 2.11. The average Bonchev–Trinajstić information content (AvgIpc) is 3.22. The van der Waals surface area contributed by atoms with E-state index in [2.05, 4.69) is 21.2 Å². The lowest BCUT2D eigenvalue weighted by molar-refractivity contribution is -0.153. The fraction of sp³-hybridized carbons (Fsp3) is 0.667. The molecule has 0 radical (unpaired) electrons. The Balaban J connectivity index is 1.40. The second kappa shape index (κ2) is 6.73. The second-order valence-electron chi connectivity index (χ2n) is 7.59. The zero-order valence-electron chi connectivity index (χ0n) is 14.9. The van der Waals surface area contributed by atoms with Gasteiger partial charge in [-0.3, -0.25) is 9.59 Å². The molecule has 3 aliphatic rings. The number of nitrogens with zero attached hydrogens (tertiary/aromatic N) is 2. The van der Waals surface area contributed by atoms with Crippen LogP contribution in [-0.4, -0.2) is 57.7 Å². The molecule has 3 fully saturated rings. The quantitative estimate of drug-likeness (QED) is 0.768. The van der Waals surface area contributed by atoms with Crippen molar-refractivity contribution in [1.82, 2.24) is 4.90 Å². The van der Waals surface area contributed by atoms with Crippen LogP contribution in [-0.2, 0) is 24.1 Å². The third-order valence-corrected chi connectivity index (χ3v) is 8.66. The molecule has 8 heteroatoms. The van der Waals surface area contributed by atoms with Gasteiger partial charge in [0.15, 0.2) is 0 Å². The largest absolute Gasteiger partial charge is 0.371 e. The van der Waals surface area contributed by atoms with Crippen molar-refractivity contribution in [2.24, 2.45) is 10.3 Å². The summed E-state index contributed by atoms with van der Waals surface area (Å²) in [6.07, 6.45) is 2.11. The molecule has 0 unspecified atom stereocenters. The third-order valence-electron chi connectivity index (χ3n) is 5.69. The predicted octanol–water partition coefficient (Wildman–Crippen LogP) is 2.26. The maximum atomic E-state index is 12.9. The summed E-state index contributed by atoms with van der Waals surface area (Å²) in [5.74, 6) is 1.06. The summed E-state index contributed by atoms with van der Waals surface area (Å²) >= 11 is 1.67. The molecule has 1 aromatic rings. The van der Waals surface area contributed by atoms with Crippen LogP contribution in [0.2, 0.25) is 0 Å². The van der Waals surface area contributed by atoms with Gasteiger partial charge in [0.1, 0.15) is 0 Å². The molecule has 1 saturated carbocycles. The van der Waals surface area contributed by atoms with E-state index in [1.165, 1.54) is 12.5 Å². The Morgan fingerprint density at radius 2 is 2.15 bits per heavy atom. The van der Waals surface area contributed by atoms with Crippen LogP contribution in [0, 0.1) is 5.92 Å². The number of morpholine rings is 1. The predicted molar refractivity (Wildman–Crippen MR) is 101 cm³/mol. The van der Waals surface area contributed by atoms with Gasteiger partial charge in [0.25, 0.3) is 5.91 Å². The highest BCUT2D eigenvalue weighted by Gasteiger charge is 2.49. The van der Waals surface area contributed by atoms with Crippen LogP contribution < -0.4 is 0 Å². The van der Waals surface area contributed by atoms with Gasteiger partial charge in [0.05, 0.1) is 21.9 Å². The Morgan fingerprint density at radius 1 is 1.38 bits per heavy atom. The Morgan fingerprint density at radius 3 is 2.81 bits per heavy atom. The Bertz CT molecular complexity index is 812. The summed E-state index contributed by atoms with van der Waals surface area (Å²) in [5, 5.41) is 4.19. The summed E-state index contributed by atoms with van der Waals surface area (Å²) < 4.78 is 22.5. The standard InChI is InChI=1S/C18H24N2O4S2/c1-13(21)19-26(23)8-3-18(4-9-26)12-20(5-6-24-18)17(22)16-10-15(16)14-2-7-25-11-14/h2,7,11,15-16H,3-6,8-10,12H2,1H3/t15-,16+,18?,26?/m0/s1. The van der Waals surface area contributed by atoms with E-state index in [0.717, 1.165) is 6.42 Å². The molecule has 142 valence electrons. The van der Waals surface area contributed by atoms with Crippen molar-refractivity contribution in [3.05, 3.63) is 22.4 Å². The topological polar surface area (TPSA) is 76.0 Å². The summed E-state index contributed by atoms with van der Waals surface area (Å²) in [5.41, 5.74) is 0.855. The normalized spacial score (nSPS) is 36.7. The van der Waals surface area contributed by atoms with Crippen LogP contribution in [0.1, 0.15) is 37.7 Å². The molecule has 0 N–H and O–H groups in total. The number of ether oxygens (including phenoxy) is 1. The van der Waals surface area contributed by atoms with Crippen molar-refractivity contribution >= 4 is 32.9 Å². The number of hydrogen-bond donors (Lipinski definition) is 0. The van der Waals surface area contributed by atoms with Crippen molar-refractivity contribution in [2.45, 2.75) is 37.7 Å². The van der Waals surface area contributed by atoms with Crippen LogP contribution in [0.4, 0.5) is 0 Å². The lowest BCUT2D eigenvalue weighted by Gasteiger charge is -2.45. The molecular formula is C18H24N2O4S2. The zero-order valence-corrected chi connectivity index (χ0v) is 16.5. The Hall–Kier alpha value is -1.25. The molecule has 1 aliphatic carbocycles. The second-order valence-corrected chi connectivity index (χ2v) is 10.9. The monoisotopic (exact) mass is 396 g/mol. The van der Waals surface area contributed by atoms with Crippen LogP contribution in [0.25, 0.3) is 0 Å². The molecule has 0 bridgehead atoms. The summed E-state index contributed by atoms with van der Waals surface area (Å²) in [6.45, 7) is 3.05. The fourth-order valence-electron chi connectivity index (χ4n) is 4.14. The molecule has 3 heterocycles. The minimum absolute atomic E-state index is 0.0975. The minimum Gasteiger partial charge on any atom is -0.371 e. The fourth-order valence-corrected chi connectivity index (χ4v) is 7.10. The molecule has 2 atom stereocenters. The summed E-state index contributed by atoms with van der Waals surface area (Å²) in [7, 11) is -2.45. The van der Waals surface area contributed by atoms with Gasteiger partial charge in [0.2, 0.25) is 5.91 Å². The summed E-state index contributed by atoms with van der Waals surface area (Å²) in [4.78, 5) is 26.1. The zero-order chi connectivity index (χ0) is 18.4. The molecule has 6 nitrogen and oxygen atoms in total. The van der Waals surface area contributed by atoms with Gasteiger partial charge in [-0.15, -0.1) is 0 Å². The van der Waals surface area contributed by atoms with Gasteiger partial charge in [-0.1, -0.05) is 0 Å². The van der Waals surface area contributed by atoms with Crippen molar-refractivity contribution < 1.29 is 18.5 Å². The smallest absolute Gasteiger partial charge is 0.250 e. The lowest BCUT2D eigenvalue weighted by atomic mass is 9.94. The van der Waals surface area contributed by atoms with E-state index < -0.39 is 15.3 Å². The number of amides is 2. The molecule has 1 aromatic heterocycles. The molecule has 2 saturated heterocycles. The van der Waals surface area contributed by atoms with Gasteiger partial charge < -0.3 is 9.64 Å². The number of hydrogen-bond acceptors (Lipinski definition) is 5. The van der Waals surface area contributed by atoms with Crippen molar-refractivity contribution in [3.8, 4) is 0 Å². The van der Waals surface area contributed by atoms with Gasteiger partial charge >= 0.3 is 0 Å². The van der Waals surface area contributed by atoms with E-state index in [-0.39, 0.29) is 17.7 Å². The third kappa shape index (κ3) is 3.59. The first-order valence-corrected chi connectivity index (χ1v) is 11.9. The van der Waals surface area contributed by atoms with E-state index in [4.69, 9.17) is 4.74 Å². The molecular weight excluding hydrogens is 372 g/mol. The molecule has 0 aromatic carbocycles. The van der Waals surface area contributed by atoms with Crippen LogP contribution in [0.5, 0.6) is 0 Å². The first-order chi connectivity index (χ1) is 12.4. The van der Waals surface area contributed by atoms with Gasteiger partial charge in [-0.25, -0.2) is 4.21 Å². The van der Waals surface area contributed by atoms with E-state index in [0.29, 0.717) is 50.0 Å².